The van der Waals surface area contributed by atoms with Crippen LogP contribution in [0.5, 0.6) is 0 Å². The molecule has 0 saturated carbocycles. The second-order valence-corrected chi connectivity index (χ2v) is 3.78. The van der Waals surface area contributed by atoms with Gasteiger partial charge in [0.05, 0.1) is 13.1 Å². The fourth-order valence-electron chi connectivity index (χ4n) is 1.30. The summed E-state index contributed by atoms with van der Waals surface area (Å²) in [6.07, 6.45) is 1.16. The maximum absolute atomic E-state index is 5.64. The van der Waals surface area contributed by atoms with Crippen LogP contribution in [0.25, 0.3) is 0 Å². The average Bonchev–Trinajstić information content (AvgIpc) is 2.52. The third kappa shape index (κ3) is 3.94. The average molecular weight is 196 g/mol. The Morgan fingerprint density at radius 2 is 2.00 bits per heavy atom. The molecule has 0 aliphatic heterocycles. The maximum Gasteiger partial charge on any atom is 0.118 e. The van der Waals surface area contributed by atoms with Gasteiger partial charge in [-0.25, -0.2) is 0 Å². The molecule has 3 heteroatoms. The molecule has 1 aromatic rings. The van der Waals surface area contributed by atoms with Gasteiger partial charge in [0.2, 0.25) is 0 Å². The molecule has 0 unspecified atom stereocenters. The lowest BCUT2D eigenvalue weighted by Crippen LogP contribution is -2.13. The van der Waals surface area contributed by atoms with E-state index in [1.54, 1.807) is 0 Å². The molecule has 1 N–H and O–H groups in total. The van der Waals surface area contributed by atoms with E-state index >= 15 is 0 Å². The predicted molar refractivity (Wildman–Crippen MR) is 58.1 cm³/mol. The number of rotatable bonds is 6. The Hall–Kier alpha value is -0.800. The number of hydrogen-bond acceptors (Lipinski definition) is 3. The van der Waals surface area contributed by atoms with E-state index < -0.39 is 0 Å². The zero-order valence-electron chi connectivity index (χ0n) is 9.34. The first-order valence-electron chi connectivity index (χ1n) is 5.15. The lowest BCUT2D eigenvalue weighted by Gasteiger charge is -2.05. The molecule has 0 aromatic carbocycles. The maximum atomic E-state index is 5.64. The van der Waals surface area contributed by atoms with Gasteiger partial charge in [0, 0.05) is 0 Å². The molecule has 0 radical (unpaired) electrons. The van der Waals surface area contributed by atoms with Gasteiger partial charge in [-0.3, -0.25) is 0 Å². The molecule has 14 heavy (non-hydrogen) atoms. The molecule has 3 nitrogen and oxygen atoms in total. The highest BCUT2D eigenvalue weighted by molar-refractivity contribution is 5.06. The molecule has 1 aromatic heterocycles. The Morgan fingerprint density at radius 3 is 2.64 bits per heavy atom. The molecule has 0 saturated heterocycles. The lowest BCUT2D eigenvalue weighted by atomic mass is 10.4. The fourth-order valence-corrected chi connectivity index (χ4v) is 1.30. The standard InChI is InChI=1S/C11H20N2O/c1-4-7-12-8-10-5-6-11(14-10)9-13(2)3/h5-6,12H,4,7-9H2,1-3H3. The molecular formula is C11H20N2O. The second kappa shape index (κ2) is 5.83. The van der Waals surface area contributed by atoms with E-state index in [4.69, 9.17) is 4.42 Å². The van der Waals surface area contributed by atoms with Gasteiger partial charge in [-0.05, 0) is 39.2 Å². The normalized spacial score (nSPS) is 11.1. The zero-order chi connectivity index (χ0) is 10.4. The quantitative estimate of drug-likeness (QED) is 0.704. The van der Waals surface area contributed by atoms with Gasteiger partial charge in [0.25, 0.3) is 0 Å². The van der Waals surface area contributed by atoms with Crippen LogP contribution in [0, 0.1) is 0 Å². The SMILES string of the molecule is CCCNCc1ccc(CN(C)C)o1. The first kappa shape index (κ1) is 11.3. The van der Waals surface area contributed by atoms with Gasteiger partial charge in [-0.2, -0.15) is 0 Å². The van der Waals surface area contributed by atoms with Crippen LogP contribution in [0.4, 0.5) is 0 Å². The van der Waals surface area contributed by atoms with E-state index in [-0.39, 0.29) is 0 Å². The van der Waals surface area contributed by atoms with E-state index in [0.717, 1.165) is 37.6 Å². The summed E-state index contributed by atoms with van der Waals surface area (Å²) in [5, 5.41) is 3.31. The highest BCUT2D eigenvalue weighted by Crippen LogP contribution is 2.08. The smallest absolute Gasteiger partial charge is 0.118 e. The van der Waals surface area contributed by atoms with Crippen molar-refractivity contribution in [3.05, 3.63) is 23.7 Å². The van der Waals surface area contributed by atoms with E-state index in [1.165, 1.54) is 0 Å². The van der Waals surface area contributed by atoms with Crippen molar-refractivity contribution in [1.29, 1.82) is 0 Å². The monoisotopic (exact) mass is 196 g/mol. The first-order valence-corrected chi connectivity index (χ1v) is 5.15. The Bertz CT molecular complexity index is 256. The van der Waals surface area contributed by atoms with E-state index in [2.05, 4.69) is 17.1 Å². The predicted octanol–water partition coefficient (Wildman–Crippen LogP) is 1.84. The van der Waals surface area contributed by atoms with Gasteiger partial charge < -0.3 is 14.6 Å². The minimum atomic E-state index is 0.835. The van der Waals surface area contributed by atoms with Crippen molar-refractivity contribution in [2.24, 2.45) is 0 Å². The minimum absolute atomic E-state index is 0.835. The third-order valence-electron chi connectivity index (χ3n) is 1.92. The van der Waals surface area contributed by atoms with E-state index in [9.17, 15) is 0 Å². The minimum Gasteiger partial charge on any atom is -0.463 e. The Kier molecular flexibility index (Phi) is 4.70. The van der Waals surface area contributed by atoms with Crippen molar-refractivity contribution in [3.63, 3.8) is 0 Å². The van der Waals surface area contributed by atoms with Crippen LogP contribution in [-0.2, 0) is 13.1 Å². The summed E-state index contributed by atoms with van der Waals surface area (Å²) in [5.74, 6) is 2.05. The van der Waals surface area contributed by atoms with Crippen LogP contribution in [0.2, 0.25) is 0 Å². The van der Waals surface area contributed by atoms with Crippen molar-refractivity contribution in [2.45, 2.75) is 26.4 Å². The molecule has 1 heterocycles. The van der Waals surface area contributed by atoms with E-state index in [0.29, 0.717) is 0 Å². The van der Waals surface area contributed by atoms with Crippen LogP contribution in [0.3, 0.4) is 0 Å². The summed E-state index contributed by atoms with van der Waals surface area (Å²) in [4.78, 5) is 2.10. The molecule has 0 aliphatic carbocycles. The van der Waals surface area contributed by atoms with Crippen LogP contribution < -0.4 is 5.32 Å². The van der Waals surface area contributed by atoms with Gasteiger partial charge in [0.1, 0.15) is 11.5 Å². The summed E-state index contributed by atoms with van der Waals surface area (Å²) in [7, 11) is 4.08. The van der Waals surface area contributed by atoms with Crippen LogP contribution in [-0.4, -0.2) is 25.5 Å². The lowest BCUT2D eigenvalue weighted by molar-refractivity contribution is 0.339. The third-order valence-corrected chi connectivity index (χ3v) is 1.92. The topological polar surface area (TPSA) is 28.4 Å². The van der Waals surface area contributed by atoms with Crippen molar-refractivity contribution >= 4 is 0 Å². The summed E-state index contributed by atoms with van der Waals surface area (Å²) in [5.41, 5.74) is 0. The largest absolute Gasteiger partial charge is 0.463 e. The number of furan rings is 1. The van der Waals surface area contributed by atoms with Gasteiger partial charge in [-0.15, -0.1) is 0 Å². The molecule has 0 bridgehead atoms. The van der Waals surface area contributed by atoms with Crippen molar-refractivity contribution in [2.75, 3.05) is 20.6 Å². The molecule has 0 spiro atoms. The summed E-state index contributed by atoms with van der Waals surface area (Å²) >= 11 is 0. The van der Waals surface area contributed by atoms with Crippen molar-refractivity contribution in [1.82, 2.24) is 10.2 Å². The Morgan fingerprint density at radius 1 is 1.29 bits per heavy atom. The Labute approximate surface area is 86.1 Å². The molecular weight excluding hydrogens is 176 g/mol. The van der Waals surface area contributed by atoms with Crippen LogP contribution in [0.1, 0.15) is 24.9 Å². The van der Waals surface area contributed by atoms with Gasteiger partial charge in [0.15, 0.2) is 0 Å². The fraction of sp³-hybridized carbons (Fsp3) is 0.636. The number of nitrogens with zero attached hydrogens (tertiary/aromatic N) is 1. The molecule has 0 atom stereocenters. The zero-order valence-corrected chi connectivity index (χ0v) is 9.34. The molecule has 0 fully saturated rings. The second-order valence-electron chi connectivity index (χ2n) is 3.78. The summed E-state index contributed by atoms with van der Waals surface area (Å²) < 4.78 is 5.64. The van der Waals surface area contributed by atoms with E-state index in [1.807, 2.05) is 26.2 Å². The molecule has 1 rings (SSSR count). The summed E-state index contributed by atoms with van der Waals surface area (Å²) in [6.45, 7) is 4.91. The summed E-state index contributed by atoms with van der Waals surface area (Å²) in [6, 6.07) is 4.09. The first-order chi connectivity index (χ1) is 6.72. The molecule has 80 valence electrons. The van der Waals surface area contributed by atoms with Gasteiger partial charge >= 0.3 is 0 Å². The van der Waals surface area contributed by atoms with Crippen LogP contribution in [0.15, 0.2) is 16.5 Å². The van der Waals surface area contributed by atoms with Crippen molar-refractivity contribution < 1.29 is 4.42 Å². The number of nitrogens with one attached hydrogen (secondary N) is 1. The highest BCUT2D eigenvalue weighted by Gasteiger charge is 2.02. The van der Waals surface area contributed by atoms with Crippen molar-refractivity contribution in [3.8, 4) is 0 Å². The van der Waals surface area contributed by atoms with Gasteiger partial charge in [-0.1, -0.05) is 6.92 Å². The highest BCUT2D eigenvalue weighted by atomic mass is 16.3. The Balaban J connectivity index is 2.35. The molecule has 0 aliphatic rings. The molecule has 0 amide bonds. The number of hydrogen-bond donors (Lipinski definition) is 1. The van der Waals surface area contributed by atoms with Crippen LogP contribution >= 0.6 is 0 Å².